The zero-order chi connectivity index (χ0) is 13.8. The highest BCUT2D eigenvalue weighted by atomic mass is 32.1. The van der Waals surface area contributed by atoms with Crippen molar-refractivity contribution in [2.75, 3.05) is 13.1 Å². The lowest BCUT2D eigenvalue weighted by Gasteiger charge is -2.37. The van der Waals surface area contributed by atoms with E-state index in [4.69, 9.17) is 5.73 Å². The standard InChI is InChI=1S/C14H26N2OS/c1-5-12(15)13(11-7-8-18-9-11)16(6-2)10-14(3,4)17/h7-9,12-13,17H,5-6,10,15H2,1-4H3. The van der Waals surface area contributed by atoms with Crippen molar-refractivity contribution in [2.24, 2.45) is 5.73 Å². The Balaban J connectivity index is 2.93. The average molecular weight is 270 g/mol. The van der Waals surface area contributed by atoms with E-state index in [1.54, 1.807) is 11.3 Å². The van der Waals surface area contributed by atoms with E-state index in [9.17, 15) is 5.11 Å². The van der Waals surface area contributed by atoms with Gasteiger partial charge in [-0.05, 0) is 49.2 Å². The number of aliphatic hydroxyl groups is 1. The molecule has 0 radical (unpaired) electrons. The number of nitrogens with two attached hydrogens (primary N) is 1. The van der Waals surface area contributed by atoms with Crippen LogP contribution in [0.5, 0.6) is 0 Å². The SMILES string of the molecule is CCC(N)C(c1ccsc1)N(CC)CC(C)(C)O. The quantitative estimate of drug-likeness (QED) is 0.801. The van der Waals surface area contributed by atoms with Crippen LogP contribution in [0.1, 0.15) is 45.7 Å². The fourth-order valence-electron chi connectivity index (χ4n) is 2.30. The number of rotatable bonds is 7. The van der Waals surface area contributed by atoms with Gasteiger partial charge in [-0.15, -0.1) is 0 Å². The lowest BCUT2D eigenvalue weighted by molar-refractivity contribution is 0.0175. The Bertz CT molecular complexity index is 332. The fourth-order valence-corrected chi connectivity index (χ4v) is 2.99. The molecule has 0 bridgehead atoms. The zero-order valence-corrected chi connectivity index (χ0v) is 12.7. The maximum atomic E-state index is 10.0. The molecule has 0 saturated carbocycles. The predicted octanol–water partition coefficient (Wildman–Crippen LogP) is 2.62. The molecule has 18 heavy (non-hydrogen) atoms. The molecule has 0 amide bonds. The Labute approximate surface area is 115 Å². The molecule has 0 aromatic carbocycles. The van der Waals surface area contributed by atoms with Crippen molar-refractivity contribution in [3.63, 3.8) is 0 Å². The molecule has 3 nitrogen and oxygen atoms in total. The van der Waals surface area contributed by atoms with Crippen LogP contribution in [0, 0.1) is 0 Å². The fraction of sp³-hybridized carbons (Fsp3) is 0.714. The van der Waals surface area contributed by atoms with Crippen LogP contribution < -0.4 is 5.73 Å². The molecule has 4 heteroatoms. The van der Waals surface area contributed by atoms with E-state index in [0.29, 0.717) is 6.54 Å². The third-order valence-corrected chi connectivity index (χ3v) is 3.85. The first-order chi connectivity index (χ1) is 8.39. The molecule has 0 spiro atoms. The smallest absolute Gasteiger partial charge is 0.0718 e. The maximum Gasteiger partial charge on any atom is 0.0718 e. The molecular weight excluding hydrogens is 244 g/mol. The lowest BCUT2D eigenvalue weighted by Crippen LogP contribution is -2.46. The van der Waals surface area contributed by atoms with Gasteiger partial charge in [0, 0.05) is 12.6 Å². The van der Waals surface area contributed by atoms with E-state index in [-0.39, 0.29) is 12.1 Å². The monoisotopic (exact) mass is 270 g/mol. The molecule has 0 saturated heterocycles. The molecule has 0 fully saturated rings. The number of hydrogen-bond donors (Lipinski definition) is 2. The highest BCUT2D eigenvalue weighted by Gasteiger charge is 2.28. The largest absolute Gasteiger partial charge is 0.389 e. The van der Waals surface area contributed by atoms with E-state index in [2.05, 4.69) is 35.6 Å². The van der Waals surface area contributed by atoms with Crippen molar-refractivity contribution < 1.29 is 5.11 Å². The summed E-state index contributed by atoms with van der Waals surface area (Å²) in [6, 6.07) is 2.43. The van der Waals surface area contributed by atoms with E-state index in [1.165, 1.54) is 5.56 Å². The second-order valence-electron chi connectivity index (χ2n) is 5.45. The highest BCUT2D eigenvalue weighted by molar-refractivity contribution is 7.07. The molecule has 1 aromatic heterocycles. The molecule has 1 aromatic rings. The van der Waals surface area contributed by atoms with Gasteiger partial charge in [0.05, 0.1) is 11.6 Å². The van der Waals surface area contributed by atoms with Crippen LogP contribution in [0.25, 0.3) is 0 Å². The minimum absolute atomic E-state index is 0.0990. The van der Waals surface area contributed by atoms with Crippen molar-refractivity contribution in [2.45, 2.75) is 51.8 Å². The van der Waals surface area contributed by atoms with Gasteiger partial charge < -0.3 is 10.8 Å². The van der Waals surface area contributed by atoms with Gasteiger partial charge in [0.15, 0.2) is 0 Å². The van der Waals surface area contributed by atoms with Gasteiger partial charge in [-0.25, -0.2) is 0 Å². The molecule has 0 aliphatic carbocycles. The second kappa shape index (κ2) is 6.66. The first kappa shape index (κ1) is 15.6. The summed E-state index contributed by atoms with van der Waals surface area (Å²) in [5.41, 5.74) is 6.85. The average Bonchev–Trinajstić information content (AvgIpc) is 2.79. The second-order valence-corrected chi connectivity index (χ2v) is 6.23. The maximum absolute atomic E-state index is 10.0. The van der Waals surface area contributed by atoms with Crippen LogP contribution in [-0.4, -0.2) is 34.7 Å². The highest BCUT2D eigenvalue weighted by Crippen LogP contribution is 2.28. The molecule has 2 atom stereocenters. The Kier molecular flexibility index (Phi) is 5.79. The van der Waals surface area contributed by atoms with Crippen LogP contribution in [0.4, 0.5) is 0 Å². The summed E-state index contributed by atoms with van der Waals surface area (Å²) in [6.07, 6.45) is 0.933. The van der Waals surface area contributed by atoms with Crippen LogP contribution >= 0.6 is 11.3 Å². The third kappa shape index (κ3) is 4.35. The molecule has 2 unspecified atom stereocenters. The Morgan fingerprint density at radius 1 is 1.44 bits per heavy atom. The van der Waals surface area contributed by atoms with Gasteiger partial charge in [0.1, 0.15) is 0 Å². The molecular formula is C14H26N2OS. The summed E-state index contributed by atoms with van der Waals surface area (Å²) in [5.74, 6) is 0. The molecule has 104 valence electrons. The van der Waals surface area contributed by atoms with E-state index >= 15 is 0 Å². The summed E-state index contributed by atoms with van der Waals surface area (Å²) >= 11 is 1.70. The van der Waals surface area contributed by atoms with Crippen molar-refractivity contribution in [1.82, 2.24) is 4.90 Å². The Hall–Kier alpha value is -0.420. The first-order valence-electron chi connectivity index (χ1n) is 6.63. The van der Waals surface area contributed by atoms with Gasteiger partial charge in [-0.3, -0.25) is 4.90 Å². The molecule has 1 rings (SSSR count). The topological polar surface area (TPSA) is 49.5 Å². The van der Waals surface area contributed by atoms with Crippen LogP contribution in [0.2, 0.25) is 0 Å². The third-order valence-electron chi connectivity index (χ3n) is 3.15. The Morgan fingerprint density at radius 2 is 2.11 bits per heavy atom. The van der Waals surface area contributed by atoms with Gasteiger partial charge in [-0.1, -0.05) is 13.8 Å². The van der Waals surface area contributed by atoms with Crippen LogP contribution in [0.15, 0.2) is 16.8 Å². The van der Waals surface area contributed by atoms with E-state index in [0.717, 1.165) is 13.0 Å². The van der Waals surface area contributed by atoms with Gasteiger partial charge in [-0.2, -0.15) is 11.3 Å². The first-order valence-corrected chi connectivity index (χ1v) is 7.57. The zero-order valence-electron chi connectivity index (χ0n) is 11.9. The normalized spacial score (nSPS) is 15.9. The van der Waals surface area contributed by atoms with Gasteiger partial charge in [0.2, 0.25) is 0 Å². The van der Waals surface area contributed by atoms with Gasteiger partial charge in [0.25, 0.3) is 0 Å². The van der Waals surface area contributed by atoms with Crippen molar-refractivity contribution in [3.8, 4) is 0 Å². The Morgan fingerprint density at radius 3 is 2.50 bits per heavy atom. The van der Waals surface area contributed by atoms with E-state index < -0.39 is 5.60 Å². The van der Waals surface area contributed by atoms with Crippen molar-refractivity contribution in [1.29, 1.82) is 0 Å². The summed E-state index contributed by atoms with van der Waals surface area (Å²) in [4.78, 5) is 2.27. The number of hydrogen-bond acceptors (Lipinski definition) is 4. The molecule has 3 N–H and O–H groups in total. The summed E-state index contributed by atoms with van der Waals surface area (Å²) in [5, 5.41) is 14.3. The predicted molar refractivity (Wildman–Crippen MR) is 78.9 cm³/mol. The molecule has 0 aliphatic heterocycles. The van der Waals surface area contributed by atoms with Crippen molar-refractivity contribution >= 4 is 11.3 Å². The number of nitrogens with zero attached hydrogens (tertiary/aromatic N) is 1. The summed E-state index contributed by atoms with van der Waals surface area (Å²) in [6.45, 7) is 9.45. The summed E-state index contributed by atoms with van der Waals surface area (Å²) < 4.78 is 0. The number of thiophene rings is 1. The lowest BCUT2D eigenvalue weighted by atomic mass is 9.97. The minimum atomic E-state index is -0.697. The van der Waals surface area contributed by atoms with Crippen LogP contribution in [0.3, 0.4) is 0 Å². The minimum Gasteiger partial charge on any atom is -0.389 e. The summed E-state index contributed by atoms with van der Waals surface area (Å²) in [7, 11) is 0. The van der Waals surface area contributed by atoms with E-state index in [1.807, 2.05) is 13.8 Å². The molecule has 0 aliphatic rings. The molecule has 1 heterocycles. The number of likely N-dealkylation sites (N-methyl/N-ethyl adjacent to an activating group) is 1. The van der Waals surface area contributed by atoms with Crippen molar-refractivity contribution in [3.05, 3.63) is 22.4 Å². The van der Waals surface area contributed by atoms with Gasteiger partial charge >= 0.3 is 0 Å². The van der Waals surface area contributed by atoms with Crippen LogP contribution in [-0.2, 0) is 0 Å².